The zero-order chi connectivity index (χ0) is 26.3. The van der Waals surface area contributed by atoms with Crippen molar-refractivity contribution in [3.8, 4) is 5.75 Å². The standard InChI is InChI=1S/C24H34N4O6S/c1-14-15(2)17(4)22(18(5)16(14)3)35(31,32)28-21(23(29)30)13-19-7-9-20(10-8-19)33-11-6-12-34-27-24(25)26/h7-10,21,28H,6,11-13H2,1-5H3,(H,29,30)(H4,25,26,27)/t21-/m0/s1. The molecule has 2 aromatic carbocycles. The molecule has 10 nitrogen and oxygen atoms in total. The maximum absolute atomic E-state index is 13.3. The molecule has 0 spiro atoms. The van der Waals surface area contributed by atoms with Crippen LogP contribution >= 0.6 is 0 Å². The van der Waals surface area contributed by atoms with E-state index in [-0.39, 0.29) is 23.9 Å². The number of carboxylic acids is 1. The van der Waals surface area contributed by atoms with Crippen molar-refractivity contribution in [1.29, 1.82) is 0 Å². The summed E-state index contributed by atoms with van der Waals surface area (Å²) in [5.74, 6) is -0.830. The largest absolute Gasteiger partial charge is 0.493 e. The molecule has 0 aliphatic carbocycles. The summed E-state index contributed by atoms with van der Waals surface area (Å²) >= 11 is 0. The minimum absolute atomic E-state index is 0.0247. The molecule has 0 fully saturated rings. The first-order valence-corrected chi connectivity index (χ1v) is 12.6. The zero-order valence-corrected chi connectivity index (χ0v) is 21.5. The Labute approximate surface area is 206 Å². The van der Waals surface area contributed by atoms with Gasteiger partial charge < -0.3 is 26.1 Å². The lowest BCUT2D eigenvalue weighted by Gasteiger charge is -2.21. The monoisotopic (exact) mass is 506 g/mol. The zero-order valence-electron chi connectivity index (χ0n) is 20.7. The predicted molar refractivity (Wildman–Crippen MR) is 134 cm³/mol. The van der Waals surface area contributed by atoms with E-state index in [0.717, 1.165) is 16.7 Å². The molecule has 0 bridgehead atoms. The maximum atomic E-state index is 13.3. The number of oxime groups is 1. The summed E-state index contributed by atoms with van der Waals surface area (Å²) in [5.41, 5.74) is 15.0. The Morgan fingerprint density at radius 2 is 1.51 bits per heavy atom. The fourth-order valence-electron chi connectivity index (χ4n) is 3.69. The molecule has 0 radical (unpaired) electrons. The van der Waals surface area contributed by atoms with Crippen molar-refractivity contribution < 1.29 is 27.9 Å². The van der Waals surface area contributed by atoms with Crippen LogP contribution in [-0.4, -0.2) is 44.7 Å². The molecule has 2 aromatic rings. The third-order valence-corrected chi connectivity index (χ3v) is 7.72. The first-order valence-electron chi connectivity index (χ1n) is 11.1. The third kappa shape index (κ3) is 7.33. The van der Waals surface area contributed by atoms with Crippen molar-refractivity contribution in [3.63, 3.8) is 0 Å². The number of nitrogens with two attached hydrogens (primary N) is 2. The number of hydrogen-bond acceptors (Lipinski definition) is 6. The number of guanidine groups is 1. The highest BCUT2D eigenvalue weighted by molar-refractivity contribution is 7.89. The second-order valence-corrected chi connectivity index (χ2v) is 10.0. The maximum Gasteiger partial charge on any atom is 0.322 e. The van der Waals surface area contributed by atoms with E-state index in [0.29, 0.717) is 35.5 Å². The second-order valence-electron chi connectivity index (χ2n) is 8.37. The second kappa shape index (κ2) is 11.9. The van der Waals surface area contributed by atoms with Crippen molar-refractivity contribution in [1.82, 2.24) is 4.72 Å². The number of aliphatic carboxylic acids is 1. The molecular formula is C24H34N4O6S. The fourth-order valence-corrected chi connectivity index (χ4v) is 5.47. The number of nitrogens with one attached hydrogen (secondary N) is 1. The van der Waals surface area contributed by atoms with Crippen LogP contribution in [0.4, 0.5) is 0 Å². The first kappa shape index (κ1) is 27.9. The van der Waals surface area contributed by atoms with Crippen molar-refractivity contribution in [2.24, 2.45) is 16.6 Å². The molecule has 0 aliphatic rings. The average Bonchev–Trinajstić information content (AvgIpc) is 2.78. The topological polar surface area (TPSA) is 166 Å². The van der Waals surface area contributed by atoms with Crippen LogP contribution in [0.5, 0.6) is 5.75 Å². The number of rotatable bonds is 12. The van der Waals surface area contributed by atoms with E-state index < -0.39 is 22.0 Å². The normalized spacial score (nSPS) is 12.1. The van der Waals surface area contributed by atoms with Crippen molar-refractivity contribution >= 4 is 22.0 Å². The molecule has 2 rings (SSSR count). The van der Waals surface area contributed by atoms with Crippen molar-refractivity contribution in [2.75, 3.05) is 13.2 Å². The minimum Gasteiger partial charge on any atom is -0.493 e. The lowest BCUT2D eigenvalue weighted by molar-refractivity contribution is -0.138. The van der Waals surface area contributed by atoms with E-state index in [1.54, 1.807) is 38.1 Å². The molecule has 0 aliphatic heterocycles. The van der Waals surface area contributed by atoms with Gasteiger partial charge in [-0.2, -0.15) is 4.72 Å². The van der Waals surface area contributed by atoms with Crippen LogP contribution in [-0.2, 0) is 26.1 Å². The highest BCUT2D eigenvalue weighted by atomic mass is 32.2. The minimum atomic E-state index is -4.07. The molecular weight excluding hydrogens is 472 g/mol. The number of ether oxygens (including phenoxy) is 1. The van der Waals surface area contributed by atoms with Gasteiger partial charge in [0.25, 0.3) is 0 Å². The first-order chi connectivity index (χ1) is 16.3. The summed E-state index contributed by atoms with van der Waals surface area (Å²) in [6.07, 6.45) is 0.529. The van der Waals surface area contributed by atoms with Gasteiger partial charge in [0.05, 0.1) is 11.5 Å². The average molecular weight is 507 g/mol. The summed E-state index contributed by atoms with van der Waals surface area (Å²) in [7, 11) is -4.07. The van der Waals surface area contributed by atoms with Gasteiger partial charge in [0.1, 0.15) is 18.4 Å². The van der Waals surface area contributed by atoms with E-state index in [1.165, 1.54) is 0 Å². The van der Waals surface area contributed by atoms with E-state index in [9.17, 15) is 18.3 Å². The molecule has 0 aromatic heterocycles. The number of carbonyl (C=O) groups is 1. The van der Waals surface area contributed by atoms with Gasteiger partial charge in [0.2, 0.25) is 16.0 Å². The summed E-state index contributed by atoms with van der Waals surface area (Å²) in [4.78, 5) is 16.9. The van der Waals surface area contributed by atoms with Crippen LogP contribution in [0.15, 0.2) is 34.3 Å². The number of hydrogen-bond donors (Lipinski definition) is 4. The number of sulfonamides is 1. The van der Waals surface area contributed by atoms with Crippen molar-refractivity contribution in [3.05, 3.63) is 57.6 Å². The Balaban J connectivity index is 2.09. The summed E-state index contributed by atoms with van der Waals surface area (Å²) < 4.78 is 34.5. The van der Waals surface area contributed by atoms with Gasteiger partial charge in [-0.25, -0.2) is 8.42 Å². The Morgan fingerprint density at radius 1 is 0.971 bits per heavy atom. The summed E-state index contributed by atoms with van der Waals surface area (Å²) in [6, 6.07) is 5.46. The quantitative estimate of drug-likeness (QED) is 0.147. The Kier molecular flexibility index (Phi) is 9.49. The van der Waals surface area contributed by atoms with Crippen LogP contribution in [0.3, 0.4) is 0 Å². The Hall–Kier alpha value is -3.31. The van der Waals surface area contributed by atoms with Gasteiger partial charge in [-0.3, -0.25) is 4.79 Å². The molecule has 11 heteroatoms. The van der Waals surface area contributed by atoms with Gasteiger partial charge in [0.15, 0.2) is 0 Å². The van der Waals surface area contributed by atoms with Gasteiger partial charge in [-0.1, -0.05) is 12.1 Å². The lowest BCUT2D eigenvalue weighted by atomic mass is 9.95. The molecule has 0 saturated heterocycles. The number of nitrogens with zero attached hydrogens (tertiary/aromatic N) is 1. The van der Waals surface area contributed by atoms with Gasteiger partial charge in [-0.15, -0.1) is 0 Å². The highest BCUT2D eigenvalue weighted by Gasteiger charge is 2.29. The SMILES string of the molecule is Cc1c(C)c(C)c(S(=O)(=O)N[C@@H](Cc2ccc(OCCCON=C(N)N)cc2)C(=O)O)c(C)c1C. The Bertz CT molecular complexity index is 1160. The van der Waals surface area contributed by atoms with Gasteiger partial charge in [0, 0.05) is 6.42 Å². The molecule has 0 heterocycles. The van der Waals surface area contributed by atoms with Crippen molar-refractivity contribution in [2.45, 2.75) is 58.4 Å². The van der Waals surface area contributed by atoms with Crippen LogP contribution in [0.25, 0.3) is 0 Å². The van der Waals surface area contributed by atoms with Crippen LogP contribution in [0, 0.1) is 34.6 Å². The Morgan fingerprint density at radius 3 is 2.03 bits per heavy atom. The fraction of sp³-hybridized carbons (Fsp3) is 0.417. The highest BCUT2D eigenvalue weighted by Crippen LogP contribution is 2.29. The van der Waals surface area contributed by atoms with Gasteiger partial charge >= 0.3 is 5.97 Å². The van der Waals surface area contributed by atoms with Crippen LogP contribution < -0.4 is 20.9 Å². The molecule has 192 valence electrons. The van der Waals surface area contributed by atoms with Crippen LogP contribution in [0.1, 0.15) is 39.8 Å². The summed E-state index contributed by atoms with van der Waals surface area (Å²) in [6.45, 7) is 9.81. The number of carboxylic acid groups (broad SMARTS) is 1. The van der Waals surface area contributed by atoms with E-state index in [4.69, 9.17) is 21.0 Å². The number of benzene rings is 2. The molecule has 0 amide bonds. The van der Waals surface area contributed by atoms with E-state index >= 15 is 0 Å². The summed E-state index contributed by atoms with van der Waals surface area (Å²) in [5, 5.41) is 13.1. The molecule has 6 N–H and O–H groups in total. The molecule has 0 saturated carbocycles. The lowest BCUT2D eigenvalue weighted by Crippen LogP contribution is -2.42. The molecule has 0 unspecified atom stereocenters. The molecule has 1 atom stereocenters. The smallest absolute Gasteiger partial charge is 0.322 e. The van der Waals surface area contributed by atoms with Crippen LogP contribution in [0.2, 0.25) is 0 Å². The van der Waals surface area contributed by atoms with Gasteiger partial charge in [-0.05, 0) is 91.7 Å². The third-order valence-electron chi connectivity index (χ3n) is 5.98. The predicted octanol–water partition coefficient (Wildman–Crippen LogP) is 2.18. The molecule has 35 heavy (non-hydrogen) atoms. The van der Waals surface area contributed by atoms with E-state index in [1.807, 2.05) is 20.8 Å². The van der Waals surface area contributed by atoms with E-state index in [2.05, 4.69) is 9.88 Å².